The summed E-state index contributed by atoms with van der Waals surface area (Å²) in [6.45, 7) is 11.9. The number of carbonyl (C=O) groups excluding carboxylic acids is 1. The Balaban J connectivity index is 1.70. The molecular formula is C26H35NO2. The first-order valence-corrected chi connectivity index (χ1v) is 10.7. The molecule has 0 aromatic heterocycles. The molecular weight excluding hydrogens is 358 g/mol. The van der Waals surface area contributed by atoms with Gasteiger partial charge in [-0.2, -0.15) is 0 Å². The van der Waals surface area contributed by atoms with Crippen LogP contribution >= 0.6 is 0 Å². The van der Waals surface area contributed by atoms with E-state index in [0.717, 1.165) is 18.4 Å². The van der Waals surface area contributed by atoms with Gasteiger partial charge in [0.1, 0.15) is 5.75 Å². The van der Waals surface area contributed by atoms with Gasteiger partial charge in [0, 0.05) is 17.5 Å². The summed E-state index contributed by atoms with van der Waals surface area (Å²) in [6, 6.07) is 18.2. The molecule has 2 aromatic carbocycles. The molecule has 1 aliphatic rings. The molecule has 29 heavy (non-hydrogen) atoms. The first-order chi connectivity index (χ1) is 13.6. The van der Waals surface area contributed by atoms with Crippen molar-refractivity contribution < 1.29 is 9.53 Å². The summed E-state index contributed by atoms with van der Waals surface area (Å²) in [6.07, 6.45) is 4.38. The summed E-state index contributed by atoms with van der Waals surface area (Å²) in [4.78, 5) is 12.6. The number of nitrogens with one attached hydrogen (secondary N) is 1. The maximum absolute atomic E-state index is 12.6. The zero-order valence-corrected chi connectivity index (χ0v) is 18.5. The van der Waals surface area contributed by atoms with E-state index in [-0.39, 0.29) is 16.9 Å². The topological polar surface area (TPSA) is 38.3 Å². The van der Waals surface area contributed by atoms with E-state index in [1.165, 1.54) is 18.4 Å². The third-order valence-corrected chi connectivity index (χ3v) is 6.46. The molecule has 0 radical (unpaired) electrons. The number of hydrogen-bond acceptors (Lipinski definition) is 2. The minimum Gasteiger partial charge on any atom is -0.410 e. The molecule has 0 aliphatic heterocycles. The lowest BCUT2D eigenvalue weighted by molar-refractivity contribution is 0.0968. The van der Waals surface area contributed by atoms with E-state index < -0.39 is 0 Å². The lowest BCUT2D eigenvalue weighted by Crippen LogP contribution is -2.42. The molecule has 156 valence electrons. The summed E-state index contributed by atoms with van der Waals surface area (Å²) in [5.74, 6) is 0.619. The van der Waals surface area contributed by atoms with Gasteiger partial charge in [-0.25, -0.2) is 4.79 Å². The van der Waals surface area contributed by atoms with Crippen molar-refractivity contribution in [1.29, 1.82) is 0 Å². The third kappa shape index (κ3) is 5.20. The molecule has 2 aromatic rings. The van der Waals surface area contributed by atoms with Crippen LogP contribution in [0.15, 0.2) is 54.6 Å². The van der Waals surface area contributed by atoms with Crippen LogP contribution in [-0.4, -0.2) is 12.6 Å². The Morgan fingerprint density at radius 3 is 2.34 bits per heavy atom. The van der Waals surface area contributed by atoms with Crippen molar-refractivity contribution in [1.82, 2.24) is 5.32 Å². The maximum Gasteiger partial charge on any atom is 0.412 e. The first-order valence-electron chi connectivity index (χ1n) is 10.7. The lowest BCUT2D eigenvalue weighted by atomic mass is 9.64. The smallest absolute Gasteiger partial charge is 0.410 e. The molecule has 1 aliphatic carbocycles. The van der Waals surface area contributed by atoms with Crippen LogP contribution in [0.1, 0.15) is 71.4 Å². The second kappa shape index (κ2) is 8.22. The van der Waals surface area contributed by atoms with Gasteiger partial charge in [0.25, 0.3) is 0 Å². The Bertz CT molecular complexity index is 841. The molecule has 1 amide bonds. The minimum atomic E-state index is -0.370. The van der Waals surface area contributed by atoms with E-state index >= 15 is 0 Å². The van der Waals surface area contributed by atoms with Crippen molar-refractivity contribution in [3.63, 3.8) is 0 Å². The second-order valence-electron chi connectivity index (χ2n) is 10.2. The largest absolute Gasteiger partial charge is 0.412 e. The van der Waals surface area contributed by atoms with Gasteiger partial charge < -0.3 is 10.1 Å². The Morgan fingerprint density at radius 2 is 1.66 bits per heavy atom. The predicted molar refractivity (Wildman–Crippen MR) is 119 cm³/mol. The van der Waals surface area contributed by atoms with Crippen LogP contribution in [0, 0.1) is 10.8 Å². The fourth-order valence-electron chi connectivity index (χ4n) is 4.98. The summed E-state index contributed by atoms with van der Waals surface area (Å²) >= 11 is 0. The fraction of sp³-hybridized carbons (Fsp3) is 0.500. The number of rotatable bonds is 5. The summed E-state index contributed by atoms with van der Waals surface area (Å²) < 4.78 is 5.79. The predicted octanol–water partition coefficient (Wildman–Crippen LogP) is 6.71. The van der Waals surface area contributed by atoms with Gasteiger partial charge in [0.15, 0.2) is 0 Å². The van der Waals surface area contributed by atoms with Crippen molar-refractivity contribution in [2.75, 3.05) is 6.54 Å². The van der Waals surface area contributed by atoms with Crippen LogP contribution in [0.25, 0.3) is 0 Å². The second-order valence-corrected chi connectivity index (χ2v) is 10.2. The Kier molecular flexibility index (Phi) is 6.07. The number of amides is 1. The highest BCUT2D eigenvalue weighted by Gasteiger charge is 2.37. The van der Waals surface area contributed by atoms with E-state index in [9.17, 15) is 4.79 Å². The average Bonchev–Trinajstić information content (AvgIpc) is 2.66. The van der Waals surface area contributed by atoms with Gasteiger partial charge in [0.05, 0.1) is 0 Å². The van der Waals surface area contributed by atoms with Crippen molar-refractivity contribution in [3.8, 4) is 5.75 Å². The number of carbonyl (C=O) groups is 1. The van der Waals surface area contributed by atoms with Crippen molar-refractivity contribution >= 4 is 6.09 Å². The third-order valence-electron chi connectivity index (χ3n) is 6.46. The number of ether oxygens (including phenoxy) is 1. The van der Waals surface area contributed by atoms with Crippen LogP contribution in [0.3, 0.4) is 0 Å². The number of para-hydroxylation sites is 1. The molecule has 1 fully saturated rings. The molecule has 3 nitrogen and oxygen atoms in total. The van der Waals surface area contributed by atoms with Gasteiger partial charge in [-0.1, -0.05) is 89.6 Å². The fourth-order valence-corrected chi connectivity index (χ4v) is 4.98. The molecule has 3 rings (SSSR count). The minimum absolute atomic E-state index is 0.129. The molecule has 3 heteroatoms. The first kappa shape index (κ1) is 21.4. The zero-order chi connectivity index (χ0) is 21.1. The Hall–Kier alpha value is -2.29. The summed E-state index contributed by atoms with van der Waals surface area (Å²) in [5, 5.41) is 3.04. The number of hydrogen-bond donors (Lipinski definition) is 1. The molecule has 1 N–H and O–H groups in total. The van der Waals surface area contributed by atoms with Crippen LogP contribution in [0.2, 0.25) is 0 Å². The maximum atomic E-state index is 12.6. The zero-order valence-electron chi connectivity index (χ0n) is 18.5. The standard InChI is InChI=1S/C26H35NO2/c1-24(2)16-11-17-26(5,18-24)19-27-23(28)29-22-15-10-9-14-21(22)25(3,4)20-12-7-6-8-13-20/h6-10,12-15H,11,16-19H2,1-5H3,(H,27,28). The van der Waals surface area contributed by atoms with Crippen LogP contribution < -0.4 is 10.1 Å². The van der Waals surface area contributed by atoms with E-state index in [0.29, 0.717) is 17.7 Å². The Labute approximate surface area is 175 Å². The molecule has 0 spiro atoms. The van der Waals surface area contributed by atoms with Crippen molar-refractivity contribution in [2.45, 2.75) is 65.7 Å². The van der Waals surface area contributed by atoms with Gasteiger partial charge in [0.2, 0.25) is 0 Å². The van der Waals surface area contributed by atoms with Crippen LogP contribution in [-0.2, 0) is 5.41 Å². The van der Waals surface area contributed by atoms with Crippen LogP contribution in [0.5, 0.6) is 5.75 Å². The van der Waals surface area contributed by atoms with E-state index in [2.05, 4.69) is 52.1 Å². The highest BCUT2D eigenvalue weighted by atomic mass is 16.6. The SMILES string of the molecule is CC1(C)CCCC(C)(CNC(=O)Oc2ccccc2C(C)(C)c2ccccc2)C1. The summed E-state index contributed by atoms with van der Waals surface area (Å²) in [5.41, 5.74) is 2.39. The average molecular weight is 394 g/mol. The monoisotopic (exact) mass is 393 g/mol. The number of benzene rings is 2. The molecule has 0 bridgehead atoms. The van der Waals surface area contributed by atoms with Gasteiger partial charge >= 0.3 is 6.09 Å². The molecule has 0 saturated heterocycles. The molecule has 1 atom stereocenters. The van der Waals surface area contributed by atoms with Crippen LogP contribution in [0.4, 0.5) is 4.79 Å². The molecule has 1 unspecified atom stereocenters. The van der Waals surface area contributed by atoms with Gasteiger partial charge in [-0.15, -0.1) is 0 Å². The van der Waals surface area contributed by atoms with E-state index in [1.54, 1.807) is 0 Å². The lowest BCUT2D eigenvalue weighted by Gasteiger charge is -2.42. The van der Waals surface area contributed by atoms with E-state index in [1.807, 2.05) is 42.5 Å². The summed E-state index contributed by atoms with van der Waals surface area (Å²) in [7, 11) is 0. The highest BCUT2D eigenvalue weighted by Crippen LogP contribution is 2.45. The van der Waals surface area contributed by atoms with Gasteiger partial charge in [-0.3, -0.25) is 0 Å². The highest BCUT2D eigenvalue weighted by molar-refractivity contribution is 5.71. The normalized spacial score (nSPS) is 21.4. The molecule has 1 saturated carbocycles. The van der Waals surface area contributed by atoms with Gasteiger partial charge in [-0.05, 0) is 41.7 Å². The Morgan fingerprint density at radius 1 is 1.00 bits per heavy atom. The van der Waals surface area contributed by atoms with Crippen molar-refractivity contribution in [3.05, 3.63) is 65.7 Å². The van der Waals surface area contributed by atoms with Crippen molar-refractivity contribution in [2.24, 2.45) is 10.8 Å². The molecule has 0 heterocycles. The van der Waals surface area contributed by atoms with E-state index in [4.69, 9.17) is 4.74 Å². The quantitative estimate of drug-likeness (QED) is 0.613.